The van der Waals surface area contributed by atoms with E-state index in [-0.39, 0.29) is 11.4 Å². The van der Waals surface area contributed by atoms with Crippen LogP contribution < -0.4 is 10.9 Å². The summed E-state index contributed by atoms with van der Waals surface area (Å²) in [7, 11) is 0. The number of halogens is 3. The maximum absolute atomic E-state index is 12.0. The zero-order valence-corrected chi connectivity index (χ0v) is 17.3. The molecule has 9 heteroatoms. The van der Waals surface area contributed by atoms with Gasteiger partial charge in [0.25, 0.3) is 11.5 Å². The first kappa shape index (κ1) is 20.4. The van der Waals surface area contributed by atoms with E-state index < -0.39 is 10.7 Å². The number of carbonyl (C=O) groups is 1. The van der Waals surface area contributed by atoms with Gasteiger partial charge < -0.3 is 10.4 Å². The molecule has 0 aliphatic carbocycles. The van der Waals surface area contributed by atoms with E-state index in [1.165, 1.54) is 6.21 Å². The molecular weight excluding hydrogens is 469 g/mol. The van der Waals surface area contributed by atoms with Crippen molar-refractivity contribution in [3.8, 4) is 5.88 Å². The second kappa shape index (κ2) is 8.77. The summed E-state index contributed by atoms with van der Waals surface area (Å²) in [4.78, 5) is 29.1. The summed E-state index contributed by atoms with van der Waals surface area (Å²) in [5.74, 6) is -0.741. The van der Waals surface area contributed by atoms with E-state index >= 15 is 0 Å². The van der Waals surface area contributed by atoms with Crippen molar-refractivity contribution in [2.45, 2.75) is 11.4 Å². The van der Waals surface area contributed by atoms with Gasteiger partial charge in [-0.25, -0.2) is 0 Å². The normalized spacial score (nSPS) is 11.4. The summed E-state index contributed by atoms with van der Waals surface area (Å²) < 4.78 is 0.786. The summed E-state index contributed by atoms with van der Waals surface area (Å²) in [5.41, 5.74) is 1.51. The summed E-state index contributed by atoms with van der Waals surface area (Å²) in [6, 6.07) is 12.2. The van der Waals surface area contributed by atoms with Gasteiger partial charge in [-0.1, -0.05) is 51.3 Å². The van der Waals surface area contributed by atoms with Gasteiger partial charge >= 0.3 is 0 Å². The average Bonchev–Trinajstić information content (AvgIpc) is 2.65. The number of pyridine rings is 1. The van der Waals surface area contributed by atoms with Crippen molar-refractivity contribution in [3.63, 3.8) is 0 Å². The fraction of sp³-hybridized carbons (Fsp3) is 0.105. The van der Waals surface area contributed by atoms with Gasteiger partial charge in [0, 0.05) is 27.1 Å². The highest BCUT2D eigenvalue weighted by molar-refractivity contribution is 9.10. The number of nitrogens with zero attached hydrogens (tertiary/aromatic N) is 1. The number of aliphatic imine (C=N–C) groups is 1. The molecule has 1 heterocycles. The Morgan fingerprint density at radius 1 is 1.21 bits per heavy atom. The third-order valence-electron chi connectivity index (χ3n) is 3.92. The molecule has 3 rings (SSSR count). The Kier molecular flexibility index (Phi) is 6.39. The molecule has 1 amide bonds. The van der Waals surface area contributed by atoms with Crippen LogP contribution in [0, 0.1) is 0 Å². The highest BCUT2D eigenvalue weighted by Crippen LogP contribution is 2.24. The van der Waals surface area contributed by atoms with Crippen molar-refractivity contribution in [2.24, 2.45) is 4.99 Å². The number of rotatable bonds is 5. The number of aromatic amines is 1. The van der Waals surface area contributed by atoms with E-state index in [0.29, 0.717) is 28.6 Å². The molecule has 0 radical (unpaired) electrons. The third-order valence-corrected chi connectivity index (χ3v) is 4.81. The zero-order chi connectivity index (χ0) is 20.3. The van der Waals surface area contributed by atoms with Gasteiger partial charge in [0.15, 0.2) is 4.84 Å². The molecular formula is C19H14BrCl2N3O3. The molecule has 0 aliphatic rings. The number of hydrogen-bond donors (Lipinski definition) is 3. The molecule has 0 bridgehead atoms. The van der Waals surface area contributed by atoms with Crippen LogP contribution in [0.5, 0.6) is 5.88 Å². The zero-order valence-electron chi connectivity index (χ0n) is 14.2. The molecule has 0 unspecified atom stereocenters. The minimum atomic E-state index is -1.14. The second-order valence-electron chi connectivity index (χ2n) is 5.86. The van der Waals surface area contributed by atoms with E-state index in [0.717, 1.165) is 10.0 Å². The van der Waals surface area contributed by atoms with Crippen molar-refractivity contribution >= 4 is 67.7 Å². The van der Waals surface area contributed by atoms with Crippen LogP contribution >= 0.6 is 39.1 Å². The number of alkyl halides is 2. The number of aromatic hydroxyl groups is 1. The number of fused-ring (bicyclic) bond motifs is 1. The number of H-pyrrole nitrogens is 1. The van der Waals surface area contributed by atoms with Gasteiger partial charge in [0.05, 0.1) is 12.1 Å². The van der Waals surface area contributed by atoms with Crippen LogP contribution in [0.4, 0.5) is 5.69 Å². The number of carbonyl (C=O) groups excluding carboxylic acids is 1. The first-order chi connectivity index (χ1) is 13.3. The SMILES string of the molecule is O=C(Nc1ccc(CN=Cc2c(O)[nH]c(=O)c3ccc(Br)cc23)cc1)C(Cl)Cl. The van der Waals surface area contributed by atoms with Crippen LogP contribution in [-0.4, -0.2) is 27.0 Å². The number of aromatic nitrogens is 1. The van der Waals surface area contributed by atoms with E-state index in [4.69, 9.17) is 23.2 Å². The third kappa shape index (κ3) is 4.73. The van der Waals surface area contributed by atoms with Gasteiger partial charge in [-0.3, -0.25) is 19.6 Å². The lowest BCUT2D eigenvalue weighted by molar-refractivity contribution is -0.114. The Morgan fingerprint density at radius 2 is 1.93 bits per heavy atom. The first-order valence-corrected chi connectivity index (χ1v) is 9.74. The van der Waals surface area contributed by atoms with Crippen LogP contribution in [0.1, 0.15) is 11.1 Å². The van der Waals surface area contributed by atoms with E-state index in [1.54, 1.807) is 42.5 Å². The topological polar surface area (TPSA) is 94.5 Å². The molecule has 0 saturated heterocycles. The molecule has 6 nitrogen and oxygen atoms in total. The Morgan fingerprint density at radius 3 is 2.61 bits per heavy atom. The van der Waals surface area contributed by atoms with Crippen LogP contribution in [-0.2, 0) is 11.3 Å². The highest BCUT2D eigenvalue weighted by Gasteiger charge is 2.11. The molecule has 0 aliphatic heterocycles. The quantitative estimate of drug-likeness (QED) is 0.372. The lowest BCUT2D eigenvalue weighted by atomic mass is 10.1. The molecule has 3 N–H and O–H groups in total. The Balaban J connectivity index is 1.79. The molecule has 3 aromatic rings. The smallest absolute Gasteiger partial charge is 0.258 e. The lowest BCUT2D eigenvalue weighted by Crippen LogP contribution is -2.18. The lowest BCUT2D eigenvalue weighted by Gasteiger charge is -2.06. The average molecular weight is 483 g/mol. The van der Waals surface area contributed by atoms with Crippen LogP contribution in [0.2, 0.25) is 0 Å². The predicted molar refractivity (Wildman–Crippen MR) is 116 cm³/mol. The van der Waals surface area contributed by atoms with Gasteiger partial charge in [-0.15, -0.1) is 0 Å². The molecule has 144 valence electrons. The minimum Gasteiger partial charge on any atom is -0.494 e. The molecule has 0 saturated carbocycles. The van der Waals surface area contributed by atoms with Crippen molar-refractivity contribution in [1.29, 1.82) is 0 Å². The maximum Gasteiger partial charge on any atom is 0.258 e. The van der Waals surface area contributed by atoms with Crippen molar-refractivity contribution in [1.82, 2.24) is 4.98 Å². The number of benzene rings is 2. The summed E-state index contributed by atoms with van der Waals surface area (Å²) in [5, 5.41) is 13.7. The predicted octanol–water partition coefficient (Wildman–Crippen LogP) is 4.36. The van der Waals surface area contributed by atoms with Crippen LogP contribution in [0.3, 0.4) is 0 Å². The first-order valence-electron chi connectivity index (χ1n) is 8.07. The number of anilines is 1. The Labute approximate surface area is 178 Å². The summed E-state index contributed by atoms with van der Waals surface area (Å²) in [6.07, 6.45) is 1.52. The summed E-state index contributed by atoms with van der Waals surface area (Å²) in [6.45, 7) is 0.343. The van der Waals surface area contributed by atoms with Crippen molar-refractivity contribution in [2.75, 3.05) is 5.32 Å². The van der Waals surface area contributed by atoms with E-state index in [2.05, 4.69) is 31.2 Å². The Hall–Kier alpha value is -2.35. The van der Waals surface area contributed by atoms with Gasteiger partial charge in [-0.05, 0) is 35.9 Å². The van der Waals surface area contributed by atoms with Crippen molar-refractivity contribution in [3.05, 3.63) is 68.4 Å². The second-order valence-corrected chi connectivity index (χ2v) is 7.87. The van der Waals surface area contributed by atoms with Crippen LogP contribution in [0.25, 0.3) is 10.8 Å². The largest absolute Gasteiger partial charge is 0.494 e. The molecule has 0 fully saturated rings. The van der Waals surface area contributed by atoms with Gasteiger partial charge in [-0.2, -0.15) is 0 Å². The molecule has 0 atom stereocenters. The minimum absolute atomic E-state index is 0.242. The highest BCUT2D eigenvalue weighted by atomic mass is 79.9. The van der Waals surface area contributed by atoms with Gasteiger partial charge in [0.2, 0.25) is 5.88 Å². The van der Waals surface area contributed by atoms with Crippen LogP contribution in [0.15, 0.2) is 56.7 Å². The Bertz CT molecular complexity index is 1110. The van der Waals surface area contributed by atoms with Crippen molar-refractivity contribution < 1.29 is 9.90 Å². The molecule has 28 heavy (non-hydrogen) atoms. The number of amides is 1. The molecule has 2 aromatic carbocycles. The fourth-order valence-corrected chi connectivity index (χ4v) is 3.04. The number of nitrogens with one attached hydrogen (secondary N) is 2. The summed E-state index contributed by atoms with van der Waals surface area (Å²) >= 11 is 14.4. The maximum atomic E-state index is 12.0. The van der Waals surface area contributed by atoms with Gasteiger partial charge in [0.1, 0.15) is 0 Å². The van der Waals surface area contributed by atoms with E-state index in [9.17, 15) is 14.7 Å². The number of hydrogen-bond acceptors (Lipinski definition) is 4. The van der Waals surface area contributed by atoms with E-state index in [1.807, 2.05) is 0 Å². The fourth-order valence-electron chi connectivity index (χ4n) is 2.57. The standard InChI is InChI=1S/C19H14BrCl2N3O3/c20-11-3-6-13-14(7-11)15(18(27)25-17(13)26)9-23-8-10-1-4-12(5-2-10)24-19(28)16(21)22/h1-7,9,16H,8H2,(H,24,28)(H2,25,26,27). The molecule has 1 aromatic heterocycles. The monoisotopic (exact) mass is 481 g/mol. The molecule has 0 spiro atoms.